The van der Waals surface area contributed by atoms with Gasteiger partial charge in [-0.25, -0.2) is 8.42 Å². The summed E-state index contributed by atoms with van der Waals surface area (Å²) in [5, 5.41) is 3.30. The molecule has 2 aromatic carbocycles. The third kappa shape index (κ3) is 4.07. The molecule has 1 aliphatic heterocycles. The molecule has 1 N–H and O–H groups in total. The minimum atomic E-state index is -3.67. The number of aryl methyl sites for hydroxylation is 1. The number of benzene rings is 2. The molecule has 8 heteroatoms. The van der Waals surface area contributed by atoms with Crippen molar-refractivity contribution in [3.63, 3.8) is 0 Å². The van der Waals surface area contributed by atoms with Gasteiger partial charge in [0.2, 0.25) is 10.0 Å². The summed E-state index contributed by atoms with van der Waals surface area (Å²) < 4.78 is 32.4. The molecule has 26 heavy (non-hydrogen) atoms. The van der Waals surface area contributed by atoms with E-state index < -0.39 is 10.0 Å². The van der Waals surface area contributed by atoms with Crippen LogP contribution in [0.2, 0.25) is 5.02 Å². The molecule has 0 unspecified atom stereocenters. The fourth-order valence-corrected chi connectivity index (χ4v) is 4.47. The largest absolute Gasteiger partial charge is 0.379 e. The lowest BCUT2D eigenvalue weighted by atomic mass is 10.1. The SMILES string of the molecule is Cc1ccc(C(=O)Nc2ccc(Cl)cc2)cc1S(=O)(=O)N1CCOCC1. The number of sulfonamides is 1. The molecule has 1 saturated heterocycles. The van der Waals surface area contributed by atoms with Crippen LogP contribution in [-0.4, -0.2) is 44.9 Å². The second-order valence-electron chi connectivity index (χ2n) is 5.96. The Morgan fingerprint density at radius 3 is 2.42 bits per heavy atom. The zero-order valence-electron chi connectivity index (χ0n) is 14.2. The van der Waals surface area contributed by atoms with E-state index in [2.05, 4.69) is 5.32 Å². The topological polar surface area (TPSA) is 75.7 Å². The van der Waals surface area contributed by atoms with Gasteiger partial charge in [0.1, 0.15) is 0 Å². The average Bonchev–Trinajstić information content (AvgIpc) is 2.64. The lowest BCUT2D eigenvalue weighted by molar-refractivity contribution is 0.0730. The molecule has 3 rings (SSSR count). The van der Waals surface area contributed by atoms with E-state index in [0.717, 1.165) is 0 Å². The van der Waals surface area contributed by atoms with Crippen LogP contribution in [0.25, 0.3) is 0 Å². The van der Waals surface area contributed by atoms with Crippen molar-refractivity contribution in [2.75, 3.05) is 31.6 Å². The molecule has 6 nitrogen and oxygen atoms in total. The molecule has 1 aliphatic rings. The number of nitrogens with one attached hydrogen (secondary N) is 1. The van der Waals surface area contributed by atoms with Crippen LogP contribution in [0.5, 0.6) is 0 Å². The van der Waals surface area contributed by atoms with Gasteiger partial charge in [0, 0.05) is 29.4 Å². The Bertz CT molecular complexity index is 907. The molecule has 1 fully saturated rings. The van der Waals surface area contributed by atoms with Crippen molar-refractivity contribution in [1.29, 1.82) is 0 Å². The Hall–Kier alpha value is -1.93. The molecule has 0 aromatic heterocycles. The van der Waals surface area contributed by atoms with Crippen molar-refractivity contribution in [3.05, 3.63) is 58.6 Å². The van der Waals surface area contributed by atoms with Gasteiger partial charge in [-0.15, -0.1) is 0 Å². The molecule has 0 saturated carbocycles. The van der Waals surface area contributed by atoms with Crippen molar-refractivity contribution in [2.45, 2.75) is 11.8 Å². The summed E-state index contributed by atoms with van der Waals surface area (Å²) in [7, 11) is -3.67. The van der Waals surface area contributed by atoms with Gasteiger partial charge in [-0.1, -0.05) is 17.7 Å². The van der Waals surface area contributed by atoms with E-state index in [1.165, 1.54) is 10.4 Å². The minimum absolute atomic E-state index is 0.142. The molecule has 0 spiro atoms. The first kappa shape index (κ1) is 18.8. The maximum Gasteiger partial charge on any atom is 0.255 e. The van der Waals surface area contributed by atoms with E-state index in [9.17, 15) is 13.2 Å². The molecule has 0 bridgehead atoms. The lowest BCUT2D eigenvalue weighted by Crippen LogP contribution is -2.40. The van der Waals surface area contributed by atoms with Crippen molar-refractivity contribution in [1.82, 2.24) is 4.31 Å². The van der Waals surface area contributed by atoms with Crippen molar-refractivity contribution < 1.29 is 17.9 Å². The van der Waals surface area contributed by atoms with Crippen LogP contribution in [-0.2, 0) is 14.8 Å². The van der Waals surface area contributed by atoms with Gasteiger partial charge in [-0.05, 0) is 48.9 Å². The van der Waals surface area contributed by atoms with E-state index >= 15 is 0 Å². The molecule has 138 valence electrons. The third-order valence-electron chi connectivity index (χ3n) is 4.14. The summed E-state index contributed by atoms with van der Waals surface area (Å²) in [5.74, 6) is -0.384. The minimum Gasteiger partial charge on any atom is -0.379 e. The highest BCUT2D eigenvalue weighted by molar-refractivity contribution is 7.89. The fourth-order valence-electron chi connectivity index (χ4n) is 2.68. The van der Waals surface area contributed by atoms with Gasteiger partial charge in [0.15, 0.2) is 0 Å². The summed E-state index contributed by atoms with van der Waals surface area (Å²) in [6.07, 6.45) is 0. The maximum absolute atomic E-state index is 12.9. The van der Waals surface area contributed by atoms with Gasteiger partial charge in [0.25, 0.3) is 5.91 Å². The zero-order valence-corrected chi connectivity index (χ0v) is 15.8. The number of hydrogen-bond donors (Lipinski definition) is 1. The first-order valence-electron chi connectivity index (χ1n) is 8.13. The normalized spacial score (nSPS) is 15.6. The number of anilines is 1. The number of hydrogen-bond acceptors (Lipinski definition) is 4. The smallest absolute Gasteiger partial charge is 0.255 e. The first-order chi connectivity index (χ1) is 12.4. The van der Waals surface area contributed by atoms with Crippen LogP contribution in [0.4, 0.5) is 5.69 Å². The van der Waals surface area contributed by atoms with Crippen molar-refractivity contribution in [2.24, 2.45) is 0 Å². The molecule has 0 radical (unpaired) electrons. The maximum atomic E-state index is 12.9. The number of halogens is 1. The molecule has 2 aromatic rings. The summed E-state index contributed by atoms with van der Waals surface area (Å²) in [4.78, 5) is 12.6. The van der Waals surface area contributed by atoms with Crippen LogP contribution >= 0.6 is 11.6 Å². The lowest BCUT2D eigenvalue weighted by Gasteiger charge is -2.26. The van der Waals surface area contributed by atoms with Crippen LogP contribution in [0.15, 0.2) is 47.4 Å². The zero-order chi connectivity index (χ0) is 18.7. The fraction of sp³-hybridized carbons (Fsp3) is 0.278. The highest BCUT2D eigenvalue weighted by atomic mass is 35.5. The summed E-state index contributed by atoms with van der Waals surface area (Å²) in [6, 6.07) is 11.4. The second kappa shape index (κ2) is 7.75. The quantitative estimate of drug-likeness (QED) is 0.865. The van der Waals surface area contributed by atoms with E-state index in [0.29, 0.717) is 42.6 Å². The standard InChI is InChI=1S/C18H19ClN2O4S/c1-13-2-3-14(18(22)20-16-6-4-15(19)5-7-16)12-17(13)26(23,24)21-8-10-25-11-9-21/h2-7,12H,8-11H2,1H3,(H,20,22). The number of rotatable bonds is 4. The summed E-state index contributed by atoms with van der Waals surface area (Å²) >= 11 is 5.83. The predicted molar refractivity (Wildman–Crippen MR) is 100 cm³/mol. The predicted octanol–water partition coefficient (Wildman–Crippen LogP) is 2.92. The van der Waals surface area contributed by atoms with Crippen LogP contribution < -0.4 is 5.32 Å². The molecule has 1 heterocycles. The molecule has 0 atom stereocenters. The number of ether oxygens (including phenoxy) is 1. The van der Waals surface area contributed by atoms with Crippen LogP contribution in [0, 0.1) is 6.92 Å². The van der Waals surface area contributed by atoms with Gasteiger partial charge < -0.3 is 10.1 Å². The number of morpholine rings is 1. The summed E-state index contributed by atoms with van der Waals surface area (Å²) in [6.45, 7) is 3.07. The Morgan fingerprint density at radius 2 is 1.77 bits per heavy atom. The second-order valence-corrected chi connectivity index (χ2v) is 8.30. The van der Waals surface area contributed by atoms with Gasteiger partial charge in [-0.2, -0.15) is 4.31 Å². The number of amides is 1. The van der Waals surface area contributed by atoms with E-state index in [-0.39, 0.29) is 16.4 Å². The Labute approximate surface area is 157 Å². The average molecular weight is 395 g/mol. The number of carbonyl (C=O) groups is 1. The van der Waals surface area contributed by atoms with Crippen molar-refractivity contribution in [3.8, 4) is 0 Å². The number of carbonyl (C=O) groups excluding carboxylic acids is 1. The molecule has 0 aliphatic carbocycles. The van der Waals surface area contributed by atoms with E-state index in [1.807, 2.05) is 0 Å². The molecular weight excluding hydrogens is 376 g/mol. The Balaban J connectivity index is 1.87. The van der Waals surface area contributed by atoms with E-state index in [4.69, 9.17) is 16.3 Å². The Morgan fingerprint density at radius 1 is 1.12 bits per heavy atom. The Kier molecular flexibility index (Phi) is 5.62. The van der Waals surface area contributed by atoms with Gasteiger partial charge in [0.05, 0.1) is 18.1 Å². The molecular formula is C18H19ClN2O4S. The first-order valence-corrected chi connectivity index (χ1v) is 9.95. The van der Waals surface area contributed by atoms with Crippen molar-refractivity contribution >= 4 is 33.2 Å². The van der Waals surface area contributed by atoms with Gasteiger partial charge >= 0.3 is 0 Å². The van der Waals surface area contributed by atoms with E-state index in [1.54, 1.807) is 43.3 Å². The molecule has 1 amide bonds. The highest BCUT2D eigenvalue weighted by Crippen LogP contribution is 2.23. The number of nitrogens with zero attached hydrogens (tertiary/aromatic N) is 1. The monoisotopic (exact) mass is 394 g/mol. The summed E-state index contributed by atoms with van der Waals surface area (Å²) in [5.41, 5.74) is 1.45. The van der Waals surface area contributed by atoms with Crippen LogP contribution in [0.1, 0.15) is 15.9 Å². The highest BCUT2D eigenvalue weighted by Gasteiger charge is 2.28. The van der Waals surface area contributed by atoms with Crippen LogP contribution in [0.3, 0.4) is 0 Å². The third-order valence-corrected chi connectivity index (χ3v) is 6.43. The van der Waals surface area contributed by atoms with Gasteiger partial charge in [-0.3, -0.25) is 4.79 Å².